The monoisotopic (exact) mass is 408 g/mol. The fourth-order valence-electron chi connectivity index (χ4n) is 3.66. The number of imide groups is 2. The first kappa shape index (κ1) is 20.9. The van der Waals surface area contributed by atoms with Gasteiger partial charge in [0.1, 0.15) is 18.3 Å². The summed E-state index contributed by atoms with van der Waals surface area (Å²) in [5, 5.41) is 41.4. The van der Waals surface area contributed by atoms with E-state index in [1.807, 2.05) is 5.32 Å². The molecular formula is C18H20N2O9. The molecule has 29 heavy (non-hydrogen) atoms. The summed E-state index contributed by atoms with van der Waals surface area (Å²) in [6.07, 6.45) is -10.0. The number of carbonyl (C=O) groups is 4. The lowest BCUT2D eigenvalue weighted by molar-refractivity contribution is -0.252. The standard InChI is InChI=1S/C18H20N2O9/c1-2-18(8-6-4-3-5-7-8)15(26)19-17(28)20(16(18)27)13-11(23)9(21)10(22)12(29-13)14(24)25/h3-7,9-13,21-23H,2H2,1H3,(H,24,25)(H,19,26,28)/t9-,10-,11+,12-,13+,18?/m0/s1. The molecule has 1 unspecified atom stereocenters. The third-order valence-corrected chi connectivity index (χ3v) is 5.29. The highest BCUT2D eigenvalue weighted by Gasteiger charge is 2.59. The lowest BCUT2D eigenvalue weighted by Crippen LogP contribution is -2.73. The van der Waals surface area contributed by atoms with Gasteiger partial charge in [-0.2, -0.15) is 0 Å². The average Bonchev–Trinajstić information content (AvgIpc) is 2.69. The van der Waals surface area contributed by atoms with E-state index in [1.165, 1.54) is 12.1 Å². The second kappa shape index (κ2) is 7.52. The SMILES string of the molecule is CCC1(c2ccccc2)C(=O)NC(=O)N([C@@H]2O[C@H](C(=O)O)[C@@H](O)[C@H](O)[C@H]2O)C1=O. The Morgan fingerprint density at radius 3 is 2.28 bits per heavy atom. The third kappa shape index (κ3) is 3.08. The van der Waals surface area contributed by atoms with Crippen LogP contribution in [0.2, 0.25) is 0 Å². The Hall–Kier alpha value is -2.86. The first-order valence-corrected chi connectivity index (χ1v) is 8.83. The highest BCUT2D eigenvalue weighted by molar-refractivity contribution is 6.23. The molecule has 0 spiro atoms. The summed E-state index contributed by atoms with van der Waals surface area (Å²) in [7, 11) is 0. The van der Waals surface area contributed by atoms with E-state index >= 15 is 0 Å². The molecule has 6 atom stereocenters. The number of hydrogen-bond donors (Lipinski definition) is 5. The number of carboxylic acids is 1. The second-order valence-electron chi connectivity index (χ2n) is 6.82. The molecule has 11 nitrogen and oxygen atoms in total. The molecule has 156 valence electrons. The summed E-state index contributed by atoms with van der Waals surface area (Å²) in [6, 6.07) is 6.67. The van der Waals surface area contributed by atoms with Crippen molar-refractivity contribution in [3.63, 3.8) is 0 Å². The van der Waals surface area contributed by atoms with E-state index in [-0.39, 0.29) is 12.0 Å². The van der Waals surface area contributed by atoms with Crippen LogP contribution in [0.15, 0.2) is 30.3 Å². The van der Waals surface area contributed by atoms with Crippen molar-refractivity contribution in [1.29, 1.82) is 0 Å². The Morgan fingerprint density at radius 2 is 1.72 bits per heavy atom. The van der Waals surface area contributed by atoms with E-state index in [4.69, 9.17) is 4.74 Å². The normalized spacial score (nSPS) is 35.4. The van der Waals surface area contributed by atoms with Gasteiger partial charge in [0, 0.05) is 0 Å². The lowest BCUT2D eigenvalue weighted by atomic mass is 9.74. The van der Waals surface area contributed by atoms with Gasteiger partial charge in [0.15, 0.2) is 17.7 Å². The number of ether oxygens (including phenoxy) is 1. The zero-order chi connectivity index (χ0) is 21.5. The second-order valence-corrected chi connectivity index (χ2v) is 6.82. The minimum absolute atomic E-state index is 0.0538. The molecule has 11 heteroatoms. The molecule has 0 radical (unpaired) electrons. The summed E-state index contributed by atoms with van der Waals surface area (Å²) in [4.78, 5) is 50.2. The number of aliphatic hydroxyl groups excluding tert-OH is 3. The fourth-order valence-corrected chi connectivity index (χ4v) is 3.66. The van der Waals surface area contributed by atoms with Crippen LogP contribution >= 0.6 is 0 Å². The van der Waals surface area contributed by atoms with Gasteiger partial charge in [-0.3, -0.25) is 14.9 Å². The summed E-state index contributed by atoms with van der Waals surface area (Å²) in [5.41, 5.74) is -1.55. The number of nitrogens with zero attached hydrogens (tertiary/aromatic N) is 1. The van der Waals surface area contributed by atoms with Gasteiger partial charge in [-0.1, -0.05) is 37.3 Å². The topological polar surface area (TPSA) is 174 Å². The van der Waals surface area contributed by atoms with Crippen LogP contribution in [0, 0.1) is 0 Å². The van der Waals surface area contributed by atoms with E-state index in [1.54, 1.807) is 25.1 Å². The third-order valence-electron chi connectivity index (χ3n) is 5.29. The predicted molar refractivity (Wildman–Crippen MR) is 93.1 cm³/mol. The Morgan fingerprint density at radius 1 is 1.10 bits per heavy atom. The number of benzene rings is 1. The highest BCUT2D eigenvalue weighted by atomic mass is 16.6. The number of rotatable bonds is 4. The van der Waals surface area contributed by atoms with E-state index < -0.39 is 59.9 Å². The maximum atomic E-state index is 13.4. The van der Waals surface area contributed by atoms with Crippen LogP contribution < -0.4 is 5.32 Å². The van der Waals surface area contributed by atoms with Crippen molar-refractivity contribution in [3.8, 4) is 0 Å². The number of carbonyl (C=O) groups excluding carboxylic acids is 3. The van der Waals surface area contributed by atoms with Gasteiger partial charge < -0.3 is 25.2 Å². The van der Waals surface area contributed by atoms with E-state index in [9.17, 15) is 39.6 Å². The maximum absolute atomic E-state index is 13.4. The first-order valence-electron chi connectivity index (χ1n) is 8.83. The highest BCUT2D eigenvalue weighted by Crippen LogP contribution is 2.36. The van der Waals surface area contributed by atoms with Crippen LogP contribution in [-0.2, 0) is 24.5 Å². The van der Waals surface area contributed by atoms with Gasteiger partial charge in [-0.25, -0.2) is 14.5 Å². The number of hydrogen-bond acceptors (Lipinski definition) is 8. The molecular weight excluding hydrogens is 388 g/mol. The number of urea groups is 1. The zero-order valence-electron chi connectivity index (χ0n) is 15.3. The van der Waals surface area contributed by atoms with Gasteiger partial charge in [-0.15, -0.1) is 0 Å². The van der Waals surface area contributed by atoms with Crippen LogP contribution in [0.3, 0.4) is 0 Å². The number of aliphatic carboxylic acids is 1. The van der Waals surface area contributed by atoms with E-state index in [0.717, 1.165) is 0 Å². The Kier molecular flexibility index (Phi) is 5.41. The van der Waals surface area contributed by atoms with Crippen molar-refractivity contribution in [3.05, 3.63) is 35.9 Å². The molecule has 5 N–H and O–H groups in total. The Bertz CT molecular complexity index is 845. The van der Waals surface area contributed by atoms with Crippen molar-refractivity contribution >= 4 is 23.8 Å². The van der Waals surface area contributed by atoms with Crippen molar-refractivity contribution in [1.82, 2.24) is 10.2 Å². The minimum Gasteiger partial charge on any atom is -0.479 e. The Balaban J connectivity index is 2.07. The van der Waals surface area contributed by atoms with Gasteiger partial charge in [0.05, 0.1) is 0 Å². The molecule has 1 aromatic carbocycles. The van der Waals surface area contributed by atoms with Gasteiger partial charge in [-0.05, 0) is 12.0 Å². The summed E-state index contributed by atoms with van der Waals surface area (Å²) >= 11 is 0. The van der Waals surface area contributed by atoms with Crippen molar-refractivity contribution in [2.75, 3.05) is 0 Å². The van der Waals surface area contributed by atoms with Gasteiger partial charge >= 0.3 is 12.0 Å². The molecule has 0 bridgehead atoms. The molecule has 2 fully saturated rings. The van der Waals surface area contributed by atoms with Crippen LogP contribution in [-0.4, -0.2) is 79.8 Å². The quantitative estimate of drug-likeness (QED) is 0.364. The first-order chi connectivity index (χ1) is 13.7. The largest absolute Gasteiger partial charge is 0.479 e. The van der Waals surface area contributed by atoms with Crippen LogP contribution in [0.5, 0.6) is 0 Å². The van der Waals surface area contributed by atoms with E-state index in [0.29, 0.717) is 4.90 Å². The average molecular weight is 408 g/mol. The van der Waals surface area contributed by atoms with Crippen molar-refractivity contribution in [2.45, 2.75) is 49.4 Å². The van der Waals surface area contributed by atoms with Crippen LogP contribution in [0.25, 0.3) is 0 Å². The zero-order valence-corrected chi connectivity index (χ0v) is 15.3. The molecule has 0 aliphatic carbocycles. The van der Waals surface area contributed by atoms with Crippen LogP contribution in [0.4, 0.5) is 4.79 Å². The fraction of sp³-hybridized carbons (Fsp3) is 0.444. The number of barbiturate groups is 1. The van der Waals surface area contributed by atoms with Crippen LogP contribution in [0.1, 0.15) is 18.9 Å². The summed E-state index contributed by atoms with van der Waals surface area (Å²) in [6.45, 7) is 1.55. The maximum Gasteiger partial charge on any atom is 0.335 e. The molecule has 0 aromatic heterocycles. The number of amides is 4. The molecule has 1 aromatic rings. The number of carboxylic acid groups (broad SMARTS) is 1. The molecule has 2 aliphatic heterocycles. The van der Waals surface area contributed by atoms with Crippen molar-refractivity contribution in [2.24, 2.45) is 0 Å². The van der Waals surface area contributed by atoms with Gasteiger partial charge in [0.2, 0.25) is 5.91 Å². The molecule has 2 aliphatic rings. The molecule has 2 heterocycles. The predicted octanol–water partition coefficient (Wildman–Crippen LogP) is -1.69. The van der Waals surface area contributed by atoms with E-state index in [2.05, 4.69) is 0 Å². The molecule has 4 amide bonds. The smallest absolute Gasteiger partial charge is 0.335 e. The lowest BCUT2D eigenvalue weighted by Gasteiger charge is -2.47. The van der Waals surface area contributed by atoms with Crippen molar-refractivity contribution < 1.29 is 44.3 Å². The number of aliphatic hydroxyl groups is 3. The molecule has 2 saturated heterocycles. The molecule has 0 saturated carbocycles. The number of nitrogens with one attached hydrogen (secondary N) is 1. The minimum atomic E-state index is -2.01. The summed E-state index contributed by atoms with van der Waals surface area (Å²) < 4.78 is 5.11. The summed E-state index contributed by atoms with van der Waals surface area (Å²) in [5.74, 6) is -3.59. The Labute approximate surface area is 164 Å². The van der Waals surface area contributed by atoms with Gasteiger partial charge in [0.25, 0.3) is 5.91 Å². The molecule has 3 rings (SSSR count).